The molecule has 3 heterocycles. The van der Waals surface area contributed by atoms with E-state index >= 15 is 0 Å². The highest BCUT2D eigenvalue weighted by Crippen LogP contribution is 2.38. The summed E-state index contributed by atoms with van der Waals surface area (Å²) in [6.07, 6.45) is 5.07. The number of carbonyl (C=O) groups is 1. The molecule has 3 aliphatic rings. The molecular weight excluding hydrogens is 352 g/mol. The number of alkyl halides is 2. The lowest BCUT2D eigenvalue weighted by molar-refractivity contribution is -0.118. The average molecular weight is 379 g/mol. The summed E-state index contributed by atoms with van der Waals surface area (Å²) < 4.78 is 32.8. The number of carbonyl (C=O) groups excluding carboxylic acids is 1. The number of nitrogens with zero attached hydrogens (tertiary/aromatic N) is 2. The van der Waals surface area contributed by atoms with Gasteiger partial charge in [-0.3, -0.25) is 4.79 Å². The third kappa shape index (κ3) is 4.39. The van der Waals surface area contributed by atoms with Crippen LogP contribution in [0.3, 0.4) is 0 Å². The van der Waals surface area contributed by atoms with Crippen LogP contribution in [0, 0.1) is 11.8 Å². The number of fused-ring (bicyclic) bond motifs is 2. The Morgan fingerprint density at radius 2 is 2.00 bits per heavy atom. The van der Waals surface area contributed by atoms with Crippen molar-refractivity contribution in [2.75, 3.05) is 25.0 Å². The van der Waals surface area contributed by atoms with Gasteiger partial charge in [-0.2, -0.15) is 0 Å². The van der Waals surface area contributed by atoms with E-state index in [4.69, 9.17) is 4.74 Å². The third-order valence-corrected chi connectivity index (χ3v) is 6.35. The molecule has 0 bridgehead atoms. The molecular formula is C20H27F2N3O2. The fraction of sp³-hybridized carbons (Fsp3) is 0.700. The lowest BCUT2D eigenvalue weighted by Gasteiger charge is -2.44. The minimum atomic E-state index is -2.49. The molecule has 1 saturated carbocycles. The standard InChI is InChI=1S/C20H27F2N3O2/c21-20(22)7-3-16(4-8-20)25-10-5-14-12-18(26)24-17-2-1-9-23-19(17)27-11-6-15(14)13-25/h1-2,9,14-16H,3-8,10-13H2,(H,24,26)/t14-,15-/m0/s1. The summed E-state index contributed by atoms with van der Waals surface area (Å²) in [5.74, 6) is -1.37. The van der Waals surface area contributed by atoms with E-state index in [0.29, 0.717) is 49.3 Å². The maximum Gasteiger partial charge on any atom is 0.248 e. The molecule has 1 N–H and O–H groups in total. The van der Waals surface area contributed by atoms with Gasteiger partial charge in [-0.25, -0.2) is 13.8 Å². The molecule has 2 atom stereocenters. The van der Waals surface area contributed by atoms with Gasteiger partial charge < -0.3 is 15.0 Å². The van der Waals surface area contributed by atoms with Crippen LogP contribution in [0.5, 0.6) is 5.88 Å². The number of hydrogen-bond donors (Lipinski definition) is 1. The monoisotopic (exact) mass is 379 g/mol. The first kappa shape index (κ1) is 18.6. The van der Waals surface area contributed by atoms with Gasteiger partial charge in [-0.05, 0) is 56.2 Å². The smallest absolute Gasteiger partial charge is 0.248 e. The van der Waals surface area contributed by atoms with E-state index < -0.39 is 5.92 Å². The van der Waals surface area contributed by atoms with E-state index in [-0.39, 0.29) is 24.8 Å². The van der Waals surface area contributed by atoms with Crippen molar-refractivity contribution >= 4 is 11.6 Å². The number of hydrogen-bond acceptors (Lipinski definition) is 4. The molecule has 0 radical (unpaired) electrons. The largest absolute Gasteiger partial charge is 0.476 e. The van der Waals surface area contributed by atoms with E-state index in [1.165, 1.54) is 0 Å². The Hall–Kier alpha value is -1.76. The van der Waals surface area contributed by atoms with Crippen molar-refractivity contribution in [1.82, 2.24) is 9.88 Å². The zero-order valence-corrected chi connectivity index (χ0v) is 15.5. The predicted molar refractivity (Wildman–Crippen MR) is 98.0 cm³/mol. The normalized spacial score (nSPS) is 29.8. The minimum Gasteiger partial charge on any atom is -0.476 e. The van der Waals surface area contributed by atoms with Crippen molar-refractivity contribution in [2.45, 2.75) is 56.9 Å². The van der Waals surface area contributed by atoms with E-state index in [1.54, 1.807) is 18.3 Å². The molecule has 1 aromatic rings. The molecule has 4 rings (SSSR count). The molecule has 7 heteroatoms. The molecule has 2 aliphatic heterocycles. The fourth-order valence-electron chi connectivity index (χ4n) is 4.77. The predicted octanol–water partition coefficient (Wildman–Crippen LogP) is 3.71. The van der Waals surface area contributed by atoms with Crippen molar-refractivity contribution in [3.05, 3.63) is 18.3 Å². The highest BCUT2D eigenvalue weighted by Gasteiger charge is 2.40. The minimum absolute atomic E-state index is 0.00374. The number of anilines is 1. The molecule has 1 aromatic heterocycles. The Labute approximate surface area is 158 Å². The number of likely N-dealkylation sites (tertiary alicyclic amines) is 1. The van der Waals surface area contributed by atoms with Gasteiger partial charge in [0, 0.05) is 38.0 Å². The number of aromatic nitrogens is 1. The lowest BCUT2D eigenvalue weighted by Crippen LogP contribution is -2.49. The van der Waals surface area contributed by atoms with Crippen LogP contribution in [0.4, 0.5) is 14.5 Å². The summed E-state index contributed by atoms with van der Waals surface area (Å²) in [6.45, 7) is 2.31. The molecule has 5 nitrogen and oxygen atoms in total. The lowest BCUT2D eigenvalue weighted by atomic mass is 9.79. The fourth-order valence-corrected chi connectivity index (χ4v) is 4.77. The highest BCUT2D eigenvalue weighted by molar-refractivity contribution is 5.92. The second kappa shape index (κ2) is 7.70. The Morgan fingerprint density at radius 3 is 2.81 bits per heavy atom. The molecule has 2 fully saturated rings. The number of halogens is 2. The number of amides is 1. The van der Waals surface area contributed by atoms with Crippen LogP contribution >= 0.6 is 0 Å². The molecule has 0 unspecified atom stereocenters. The van der Waals surface area contributed by atoms with Crippen LogP contribution in [-0.4, -0.2) is 47.5 Å². The summed E-state index contributed by atoms with van der Waals surface area (Å²) in [5, 5.41) is 2.92. The Balaban J connectivity index is 1.42. The van der Waals surface area contributed by atoms with Crippen molar-refractivity contribution in [3.8, 4) is 5.88 Å². The van der Waals surface area contributed by atoms with Crippen LogP contribution in [-0.2, 0) is 4.79 Å². The second-order valence-corrected chi connectivity index (χ2v) is 8.14. The summed E-state index contributed by atoms with van der Waals surface area (Å²) >= 11 is 0. The summed E-state index contributed by atoms with van der Waals surface area (Å²) in [5.41, 5.74) is 0.626. The second-order valence-electron chi connectivity index (χ2n) is 8.14. The summed E-state index contributed by atoms with van der Waals surface area (Å²) in [4.78, 5) is 19.1. The van der Waals surface area contributed by atoms with Gasteiger partial charge in [-0.15, -0.1) is 0 Å². The Kier molecular flexibility index (Phi) is 5.30. The van der Waals surface area contributed by atoms with Gasteiger partial charge in [0.2, 0.25) is 17.7 Å². The van der Waals surface area contributed by atoms with Crippen LogP contribution in [0.15, 0.2) is 18.3 Å². The molecule has 1 saturated heterocycles. The number of ether oxygens (including phenoxy) is 1. The first-order valence-electron chi connectivity index (χ1n) is 10.00. The number of piperidine rings is 1. The van der Waals surface area contributed by atoms with Crippen LogP contribution < -0.4 is 10.1 Å². The van der Waals surface area contributed by atoms with Crippen LogP contribution in [0.1, 0.15) is 44.9 Å². The Morgan fingerprint density at radius 1 is 1.19 bits per heavy atom. The first-order chi connectivity index (χ1) is 13.0. The van der Waals surface area contributed by atoms with Gasteiger partial charge >= 0.3 is 0 Å². The summed E-state index contributed by atoms with van der Waals surface area (Å²) in [6, 6.07) is 3.84. The first-order valence-corrected chi connectivity index (χ1v) is 10.00. The molecule has 148 valence electrons. The molecule has 27 heavy (non-hydrogen) atoms. The van der Waals surface area contributed by atoms with Gasteiger partial charge in [-0.1, -0.05) is 0 Å². The molecule has 1 aliphatic carbocycles. The van der Waals surface area contributed by atoms with Crippen LogP contribution in [0.25, 0.3) is 0 Å². The quantitative estimate of drug-likeness (QED) is 0.808. The van der Waals surface area contributed by atoms with E-state index in [2.05, 4.69) is 15.2 Å². The number of pyridine rings is 1. The zero-order chi connectivity index (χ0) is 18.9. The van der Waals surface area contributed by atoms with Gasteiger partial charge in [0.1, 0.15) is 5.69 Å². The zero-order valence-electron chi connectivity index (χ0n) is 15.5. The van der Waals surface area contributed by atoms with E-state index in [9.17, 15) is 13.6 Å². The van der Waals surface area contributed by atoms with Crippen molar-refractivity contribution in [2.24, 2.45) is 11.8 Å². The van der Waals surface area contributed by atoms with Gasteiger partial charge in [0.15, 0.2) is 0 Å². The van der Waals surface area contributed by atoms with Crippen molar-refractivity contribution in [3.63, 3.8) is 0 Å². The van der Waals surface area contributed by atoms with Gasteiger partial charge in [0.25, 0.3) is 0 Å². The van der Waals surface area contributed by atoms with Crippen molar-refractivity contribution in [1.29, 1.82) is 0 Å². The Bertz CT molecular complexity index is 675. The average Bonchev–Trinajstić information content (AvgIpc) is 2.64. The maximum atomic E-state index is 13.5. The molecule has 0 spiro atoms. The molecule has 1 amide bonds. The SMILES string of the molecule is O=C1C[C@@H]2CCN(C3CCC(F)(F)CC3)C[C@@H]2CCOc2ncccc2N1. The van der Waals surface area contributed by atoms with E-state index in [1.807, 2.05) is 0 Å². The maximum absolute atomic E-state index is 13.5. The molecule has 0 aromatic carbocycles. The number of rotatable bonds is 1. The van der Waals surface area contributed by atoms with E-state index in [0.717, 1.165) is 25.9 Å². The number of nitrogens with one attached hydrogen (secondary N) is 1. The topological polar surface area (TPSA) is 54.5 Å². The van der Waals surface area contributed by atoms with Gasteiger partial charge in [0.05, 0.1) is 6.61 Å². The third-order valence-electron chi connectivity index (χ3n) is 6.35. The van der Waals surface area contributed by atoms with Crippen LogP contribution in [0.2, 0.25) is 0 Å². The van der Waals surface area contributed by atoms with Crippen molar-refractivity contribution < 1.29 is 18.3 Å². The summed E-state index contributed by atoms with van der Waals surface area (Å²) in [7, 11) is 0. The highest BCUT2D eigenvalue weighted by atomic mass is 19.3.